The highest BCUT2D eigenvalue weighted by Crippen LogP contribution is 2.18. The second-order valence-electron chi connectivity index (χ2n) is 4.73. The molecule has 22 heavy (non-hydrogen) atoms. The lowest BCUT2D eigenvalue weighted by molar-refractivity contribution is 0.0696. The second-order valence-corrected chi connectivity index (χ2v) is 4.73. The zero-order valence-electron chi connectivity index (χ0n) is 12.0. The summed E-state index contributed by atoms with van der Waals surface area (Å²) in [7, 11) is 0. The summed E-state index contributed by atoms with van der Waals surface area (Å²) < 4.78 is 1.45. The molecule has 1 aromatic carbocycles. The summed E-state index contributed by atoms with van der Waals surface area (Å²) in [6.07, 6.45) is 1.48. The summed E-state index contributed by atoms with van der Waals surface area (Å²) in [5, 5.41) is 26.2. The van der Waals surface area contributed by atoms with Crippen LogP contribution in [-0.4, -0.2) is 37.1 Å². The number of rotatable bonds is 6. The molecule has 2 aromatic rings. The number of aromatic nitrogens is 3. The van der Waals surface area contributed by atoms with Crippen molar-refractivity contribution in [3.8, 4) is 5.69 Å². The van der Waals surface area contributed by atoms with Gasteiger partial charge in [0.15, 0.2) is 0 Å². The predicted octanol–water partition coefficient (Wildman–Crippen LogP) is 1.07. The molecule has 0 amide bonds. The number of nitrogens with two attached hydrogens (primary N) is 1. The molecule has 0 fully saturated rings. The van der Waals surface area contributed by atoms with Crippen LogP contribution in [0.1, 0.15) is 45.4 Å². The fraction of sp³-hybridized carbons (Fsp3) is 0.286. The van der Waals surface area contributed by atoms with Crippen molar-refractivity contribution in [2.45, 2.75) is 26.3 Å². The van der Waals surface area contributed by atoms with E-state index in [1.54, 1.807) is 0 Å². The summed E-state index contributed by atoms with van der Waals surface area (Å²) in [6, 6.07) is 3.83. The third-order valence-electron chi connectivity index (χ3n) is 3.18. The minimum Gasteiger partial charge on any atom is -0.478 e. The first kappa shape index (κ1) is 15.6. The van der Waals surface area contributed by atoms with Crippen molar-refractivity contribution in [1.82, 2.24) is 15.0 Å². The number of carboxylic acid groups (broad SMARTS) is 2. The maximum Gasteiger partial charge on any atom is 0.335 e. The van der Waals surface area contributed by atoms with E-state index in [0.29, 0.717) is 17.8 Å². The van der Waals surface area contributed by atoms with E-state index in [-0.39, 0.29) is 17.7 Å². The lowest BCUT2D eigenvalue weighted by atomic mass is 10.1. The molecule has 4 N–H and O–H groups in total. The fourth-order valence-electron chi connectivity index (χ4n) is 2.17. The van der Waals surface area contributed by atoms with Crippen LogP contribution in [0.15, 0.2) is 18.2 Å². The first-order valence-corrected chi connectivity index (χ1v) is 6.73. The van der Waals surface area contributed by atoms with E-state index in [0.717, 1.165) is 18.2 Å². The smallest absolute Gasteiger partial charge is 0.335 e. The summed E-state index contributed by atoms with van der Waals surface area (Å²) >= 11 is 0. The Morgan fingerprint density at radius 1 is 1.18 bits per heavy atom. The van der Waals surface area contributed by atoms with E-state index in [1.165, 1.54) is 16.8 Å². The Bertz CT molecular complexity index is 691. The Morgan fingerprint density at radius 3 is 2.23 bits per heavy atom. The van der Waals surface area contributed by atoms with Crippen LogP contribution in [0, 0.1) is 0 Å². The molecular formula is C14H16N4O4. The molecule has 2 rings (SSSR count). The van der Waals surface area contributed by atoms with Gasteiger partial charge in [-0.25, -0.2) is 14.3 Å². The van der Waals surface area contributed by atoms with Crippen molar-refractivity contribution < 1.29 is 19.8 Å². The minimum atomic E-state index is -1.21. The number of carbonyl (C=O) groups is 2. The quantitative estimate of drug-likeness (QED) is 0.727. The van der Waals surface area contributed by atoms with E-state index in [4.69, 9.17) is 15.9 Å². The zero-order chi connectivity index (χ0) is 16.3. The van der Waals surface area contributed by atoms with E-state index in [2.05, 4.69) is 10.3 Å². The first-order valence-electron chi connectivity index (χ1n) is 6.73. The Morgan fingerprint density at radius 2 is 1.77 bits per heavy atom. The van der Waals surface area contributed by atoms with E-state index >= 15 is 0 Å². The van der Waals surface area contributed by atoms with Crippen LogP contribution in [0.4, 0.5) is 0 Å². The topological polar surface area (TPSA) is 131 Å². The number of hydrogen-bond acceptors (Lipinski definition) is 5. The fourth-order valence-corrected chi connectivity index (χ4v) is 2.17. The minimum absolute atomic E-state index is 0.123. The van der Waals surface area contributed by atoms with Gasteiger partial charge in [-0.05, 0) is 24.6 Å². The molecule has 1 heterocycles. The third kappa shape index (κ3) is 2.96. The highest BCUT2D eigenvalue weighted by atomic mass is 16.4. The number of nitrogens with zero attached hydrogens (tertiary/aromatic N) is 3. The van der Waals surface area contributed by atoms with Gasteiger partial charge < -0.3 is 15.9 Å². The largest absolute Gasteiger partial charge is 0.478 e. The molecule has 8 nitrogen and oxygen atoms in total. The van der Waals surface area contributed by atoms with Crippen molar-refractivity contribution in [2.24, 2.45) is 5.73 Å². The standard InChI is InChI=1S/C14H16N4O4/c1-2-3-12-11(7-15)16-17-18(12)10-5-8(13(19)20)4-9(6-10)14(21)22/h4-6H,2-3,7,15H2,1H3,(H,19,20)(H,21,22). The number of benzene rings is 1. The molecule has 0 saturated carbocycles. The van der Waals surface area contributed by atoms with Gasteiger partial charge in [0, 0.05) is 6.54 Å². The molecule has 1 aromatic heterocycles. The molecule has 0 aliphatic carbocycles. The third-order valence-corrected chi connectivity index (χ3v) is 3.18. The Labute approximate surface area is 126 Å². The lowest BCUT2D eigenvalue weighted by Crippen LogP contribution is -2.09. The van der Waals surface area contributed by atoms with Crippen LogP contribution in [0.5, 0.6) is 0 Å². The summed E-state index contributed by atoms with van der Waals surface area (Å²) in [6.45, 7) is 2.19. The van der Waals surface area contributed by atoms with Crippen LogP contribution < -0.4 is 5.73 Å². The molecule has 0 radical (unpaired) electrons. The Kier molecular flexibility index (Phi) is 4.52. The lowest BCUT2D eigenvalue weighted by Gasteiger charge is -2.09. The summed E-state index contributed by atoms with van der Waals surface area (Å²) in [5.74, 6) is -2.42. The van der Waals surface area contributed by atoms with Crippen molar-refractivity contribution in [3.05, 3.63) is 40.7 Å². The molecule has 8 heteroatoms. The molecule has 0 aliphatic rings. The Hall–Kier alpha value is -2.74. The summed E-state index contributed by atoms with van der Waals surface area (Å²) in [5.41, 5.74) is 7.08. The van der Waals surface area contributed by atoms with Gasteiger partial charge in [0.2, 0.25) is 0 Å². The highest BCUT2D eigenvalue weighted by molar-refractivity contribution is 5.94. The molecule has 0 aliphatic heterocycles. The van der Waals surface area contributed by atoms with Crippen molar-refractivity contribution in [1.29, 1.82) is 0 Å². The molecule has 116 valence electrons. The number of hydrogen-bond donors (Lipinski definition) is 3. The summed E-state index contributed by atoms with van der Waals surface area (Å²) in [4.78, 5) is 22.3. The number of aromatic carboxylic acids is 2. The number of carboxylic acids is 2. The van der Waals surface area contributed by atoms with Crippen LogP contribution in [0.25, 0.3) is 5.69 Å². The molecule has 0 bridgehead atoms. The van der Waals surface area contributed by atoms with Gasteiger partial charge in [-0.3, -0.25) is 0 Å². The Balaban J connectivity index is 2.63. The molecule has 0 atom stereocenters. The van der Waals surface area contributed by atoms with Gasteiger partial charge in [0.05, 0.1) is 28.2 Å². The zero-order valence-corrected chi connectivity index (χ0v) is 12.0. The van der Waals surface area contributed by atoms with Crippen molar-refractivity contribution >= 4 is 11.9 Å². The van der Waals surface area contributed by atoms with Crippen LogP contribution in [-0.2, 0) is 13.0 Å². The normalized spacial score (nSPS) is 10.6. The average Bonchev–Trinajstić information content (AvgIpc) is 2.90. The van der Waals surface area contributed by atoms with E-state index in [9.17, 15) is 9.59 Å². The van der Waals surface area contributed by atoms with E-state index in [1.807, 2.05) is 6.92 Å². The maximum atomic E-state index is 11.2. The second kappa shape index (κ2) is 6.35. The van der Waals surface area contributed by atoms with Gasteiger partial charge in [-0.2, -0.15) is 0 Å². The van der Waals surface area contributed by atoms with Crippen LogP contribution in [0.2, 0.25) is 0 Å². The van der Waals surface area contributed by atoms with Crippen molar-refractivity contribution in [2.75, 3.05) is 0 Å². The first-order chi connectivity index (χ1) is 10.5. The van der Waals surface area contributed by atoms with Crippen LogP contribution >= 0.6 is 0 Å². The van der Waals surface area contributed by atoms with Gasteiger partial charge >= 0.3 is 11.9 Å². The highest BCUT2D eigenvalue weighted by Gasteiger charge is 2.17. The predicted molar refractivity (Wildman–Crippen MR) is 77.2 cm³/mol. The monoisotopic (exact) mass is 304 g/mol. The SMILES string of the molecule is CCCc1c(CN)nnn1-c1cc(C(=O)O)cc(C(=O)O)c1. The van der Waals surface area contributed by atoms with Gasteiger partial charge in [0.25, 0.3) is 0 Å². The molecule has 0 unspecified atom stereocenters. The molecular weight excluding hydrogens is 288 g/mol. The van der Waals surface area contributed by atoms with Gasteiger partial charge in [0.1, 0.15) is 0 Å². The molecule has 0 saturated heterocycles. The van der Waals surface area contributed by atoms with Gasteiger partial charge in [-0.1, -0.05) is 18.6 Å². The molecule has 0 spiro atoms. The maximum absolute atomic E-state index is 11.2. The average molecular weight is 304 g/mol. The van der Waals surface area contributed by atoms with Crippen molar-refractivity contribution in [3.63, 3.8) is 0 Å². The van der Waals surface area contributed by atoms with Gasteiger partial charge in [-0.15, -0.1) is 5.10 Å². The van der Waals surface area contributed by atoms with Crippen LogP contribution in [0.3, 0.4) is 0 Å². The van der Waals surface area contributed by atoms with E-state index < -0.39 is 11.9 Å².